The molecule has 1 amide bonds. The Bertz CT molecular complexity index is 979. The van der Waals surface area contributed by atoms with Crippen molar-refractivity contribution in [3.8, 4) is 11.4 Å². The summed E-state index contributed by atoms with van der Waals surface area (Å²) in [5, 5.41) is 10.4. The Balaban J connectivity index is 1.43. The number of benzene rings is 2. The summed E-state index contributed by atoms with van der Waals surface area (Å²) in [7, 11) is 0. The van der Waals surface area contributed by atoms with Gasteiger partial charge in [-0.25, -0.2) is 0 Å². The van der Waals surface area contributed by atoms with E-state index in [2.05, 4.69) is 21.7 Å². The predicted molar refractivity (Wildman–Crippen MR) is 117 cm³/mol. The third-order valence-corrected chi connectivity index (χ3v) is 6.39. The highest BCUT2D eigenvalue weighted by atomic mass is 35.5. The number of amides is 1. The zero-order chi connectivity index (χ0) is 20.2. The molecule has 4 rings (SSSR count). The van der Waals surface area contributed by atoms with Crippen molar-refractivity contribution in [3.05, 3.63) is 64.7 Å². The Morgan fingerprint density at radius 3 is 2.38 bits per heavy atom. The topological polar surface area (TPSA) is 51.0 Å². The number of hydrogen-bond donors (Lipinski definition) is 0. The van der Waals surface area contributed by atoms with Gasteiger partial charge < -0.3 is 9.47 Å². The lowest BCUT2D eigenvalue weighted by molar-refractivity contribution is 0.0793. The molecule has 2 heterocycles. The predicted octanol–water partition coefficient (Wildman–Crippen LogP) is 5.15. The van der Waals surface area contributed by atoms with E-state index in [0.717, 1.165) is 65.9 Å². The van der Waals surface area contributed by atoms with Crippen LogP contribution in [0.4, 0.5) is 0 Å². The van der Waals surface area contributed by atoms with Gasteiger partial charge in [0.15, 0.2) is 11.0 Å². The molecule has 29 heavy (non-hydrogen) atoms. The van der Waals surface area contributed by atoms with E-state index in [4.69, 9.17) is 11.6 Å². The summed E-state index contributed by atoms with van der Waals surface area (Å²) in [6.07, 6.45) is 2.22. The third kappa shape index (κ3) is 4.49. The summed E-state index contributed by atoms with van der Waals surface area (Å²) < 4.78 is 2.11. The van der Waals surface area contributed by atoms with Crippen LogP contribution in [0.3, 0.4) is 0 Å². The molecule has 5 nitrogen and oxygen atoms in total. The minimum absolute atomic E-state index is 0.139. The molecule has 2 aromatic carbocycles. The minimum Gasteiger partial charge on any atom is -0.339 e. The number of rotatable bonds is 6. The van der Waals surface area contributed by atoms with Crippen LogP contribution in [0.15, 0.2) is 53.7 Å². The van der Waals surface area contributed by atoms with Crippen LogP contribution in [-0.4, -0.2) is 38.7 Å². The van der Waals surface area contributed by atoms with Crippen molar-refractivity contribution < 1.29 is 4.79 Å². The minimum atomic E-state index is 0.139. The Morgan fingerprint density at radius 2 is 1.72 bits per heavy atom. The second kappa shape index (κ2) is 9.01. The molecular formula is C22H23ClN4OS. The second-order valence-electron chi connectivity index (χ2n) is 7.04. The molecule has 0 saturated carbocycles. The molecular weight excluding hydrogens is 404 g/mol. The average Bonchev–Trinajstić information content (AvgIpc) is 3.42. The molecule has 1 aliphatic heterocycles. The number of likely N-dealkylation sites (tertiary alicyclic amines) is 1. The van der Waals surface area contributed by atoms with Gasteiger partial charge in [0.2, 0.25) is 0 Å². The Morgan fingerprint density at radius 1 is 1.03 bits per heavy atom. The molecule has 150 valence electrons. The number of carbonyl (C=O) groups is 1. The summed E-state index contributed by atoms with van der Waals surface area (Å²) >= 11 is 7.64. The van der Waals surface area contributed by atoms with E-state index in [0.29, 0.717) is 5.02 Å². The van der Waals surface area contributed by atoms with Crippen LogP contribution in [-0.2, 0) is 12.3 Å². The monoisotopic (exact) mass is 426 g/mol. The number of hydrogen-bond acceptors (Lipinski definition) is 4. The number of nitrogens with zero attached hydrogens (tertiary/aromatic N) is 4. The van der Waals surface area contributed by atoms with Crippen molar-refractivity contribution in [1.29, 1.82) is 0 Å². The molecule has 0 bridgehead atoms. The fourth-order valence-corrected chi connectivity index (χ4v) is 4.57. The molecule has 0 spiro atoms. The summed E-state index contributed by atoms with van der Waals surface area (Å²) in [6.45, 7) is 4.63. The Kier molecular flexibility index (Phi) is 6.21. The maximum absolute atomic E-state index is 12.5. The zero-order valence-electron chi connectivity index (χ0n) is 16.3. The lowest BCUT2D eigenvalue weighted by atomic mass is 10.1. The molecule has 0 radical (unpaired) electrons. The molecule has 0 aliphatic carbocycles. The quantitative estimate of drug-likeness (QED) is 0.511. The summed E-state index contributed by atoms with van der Waals surface area (Å²) in [4.78, 5) is 14.4. The van der Waals surface area contributed by atoms with Crippen molar-refractivity contribution in [1.82, 2.24) is 19.7 Å². The largest absolute Gasteiger partial charge is 0.339 e. The Hall–Kier alpha value is -2.31. The van der Waals surface area contributed by atoms with E-state index < -0.39 is 0 Å². The molecule has 1 aliphatic rings. The highest BCUT2D eigenvalue weighted by Gasteiger charge is 2.19. The van der Waals surface area contributed by atoms with Crippen molar-refractivity contribution >= 4 is 29.3 Å². The van der Waals surface area contributed by atoms with Crippen LogP contribution in [0.5, 0.6) is 0 Å². The van der Waals surface area contributed by atoms with Crippen LogP contribution in [0, 0.1) is 0 Å². The average molecular weight is 427 g/mol. The fourth-order valence-electron chi connectivity index (χ4n) is 3.49. The molecule has 3 aromatic rings. The van der Waals surface area contributed by atoms with Gasteiger partial charge in [0, 0.05) is 41.5 Å². The van der Waals surface area contributed by atoms with Gasteiger partial charge in [-0.1, -0.05) is 35.5 Å². The first-order valence-corrected chi connectivity index (χ1v) is 11.2. The molecule has 1 fully saturated rings. The molecule has 1 aromatic heterocycles. The van der Waals surface area contributed by atoms with Crippen LogP contribution >= 0.6 is 23.4 Å². The third-order valence-electron chi connectivity index (χ3n) is 5.10. The van der Waals surface area contributed by atoms with Crippen LogP contribution < -0.4 is 0 Å². The van der Waals surface area contributed by atoms with Crippen molar-refractivity contribution in [3.63, 3.8) is 0 Å². The standard InChI is InChI=1S/C22H23ClN4OS/c1-2-27-20(17-9-11-19(23)12-10-17)24-25-22(27)29-15-16-5-7-18(8-6-16)21(28)26-13-3-4-14-26/h5-12H,2-4,13-15H2,1H3. The highest BCUT2D eigenvalue weighted by molar-refractivity contribution is 7.98. The first-order chi connectivity index (χ1) is 14.2. The van der Waals surface area contributed by atoms with Crippen molar-refractivity contribution in [2.24, 2.45) is 0 Å². The van der Waals surface area contributed by atoms with E-state index in [1.165, 1.54) is 0 Å². The second-order valence-corrected chi connectivity index (χ2v) is 8.42. The Labute approximate surface area is 180 Å². The molecule has 1 saturated heterocycles. The van der Waals surface area contributed by atoms with Gasteiger partial charge >= 0.3 is 0 Å². The molecule has 0 N–H and O–H groups in total. The van der Waals surface area contributed by atoms with Gasteiger partial charge in [0.1, 0.15) is 0 Å². The number of aromatic nitrogens is 3. The lowest BCUT2D eigenvalue weighted by Crippen LogP contribution is -2.27. The van der Waals surface area contributed by atoms with Crippen molar-refractivity contribution in [2.75, 3.05) is 13.1 Å². The van der Waals surface area contributed by atoms with Gasteiger partial charge in [0.25, 0.3) is 5.91 Å². The highest BCUT2D eigenvalue weighted by Crippen LogP contribution is 2.27. The maximum Gasteiger partial charge on any atom is 0.253 e. The smallest absolute Gasteiger partial charge is 0.253 e. The molecule has 0 unspecified atom stereocenters. The van der Waals surface area contributed by atoms with E-state index in [1.807, 2.05) is 53.4 Å². The lowest BCUT2D eigenvalue weighted by Gasteiger charge is -2.15. The van der Waals surface area contributed by atoms with Crippen LogP contribution in [0.25, 0.3) is 11.4 Å². The molecule has 7 heteroatoms. The first kappa shape index (κ1) is 20.0. The SMILES string of the molecule is CCn1c(SCc2ccc(C(=O)N3CCCC3)cc2)nnc1-c1ccc(Cl)cc1. The fraction of sp³-hybridized carbons (Fsp3) is 0.318. The van der Waals surface area contributed by atoms with Crippen molar-refractivity contribution in [2.45, 2.75) is 37.2 Å². The number of halogens is 1. The summed E-state index contributed by atoms with van der Waals surface area (Å²) in [5.41, 5.74) is 2.93. The maximum atomic E-state index is 12.5. The van der Waals surface area contributed by atoms with E-state index in [9.17, 15) is 4.79 Å². The van der Waals surface area contributed by atoms with Crippen LogP contribution in [0.1, 0.15) is 35.7 Å². The molecule has 0 atom stereocenters. The van der Waals surface area contributed by atoms with Gasteiger partial charge in [-0.3, -0.25) is 4.79 Å². The number of thioether (sulfide) groups is 1. The van der Waals surface area contributed by atoms with E-state index in [-0.39, 0.29) is 5.91 Å². The van der Waals surface area contributed by atoms with Gasteiger partial charge in [-0.15, -0.1) is 10.2 Å². The van der Waals surface area contributed by atoms with E-state index >= 15 is 0 Å². The first-order valence-electron chi connectivity index (χ1n) is 9.86. The van der Waals surface area contributed by atoms with E-state index in [1.54, 1.807) is 11.8 Å². The van der Waals surface area contributed by atoms with Gasteiger partial charge in [0.05, 0.1) is 0 Å². The normalized spacial score (nSPS) is 13.8. The van der Waals surface area contributed by atoms with Gasteiger partial charge in [-0.05, 0) is 61.7 Å². The summed E-state index contributed by atoms with van der Waals surface area (Å²) in [6, 6.07) is 15.6. The van der Waals surface area contributed by atoms with Gasteiger partial charge in [-0.2, -0.15) is 0 Å². The zero-order valence-corrected chi connectivity index (χ0v) is 17.9. The van der Waals surface area contributed by atoms with Crippen LogP contribution in [0.2, 0.25) is 5.02 Å². The number of carbonyl (C=O) groups excluding carboxylic acids is 1. The summed E-state index contributed by atoms with van der Waals surface area (Å²) in [5.74, 6) is 1.76.